The van der Waals surface area contributed by atoms with E-state index in [1.807, 2.05) is 18.3 Å². The highest BCUT2D eigenvalue weighted by atomic mass is 19.1. The summed E-state index contributed by atoms with van der Waals surface area (Å²) in [6, 6.07) is 11.0. The first kappa shape index (κ1) is 11.6. The van der Waals surface area contributed by atoms with Gasteiger partial charge in [-0.25, -0.2) is 14.4 Å². The van der Waals surface area contributed by atoms with Gasteiger partial charge in [0.2, 0.25) is 0 Å². The molecule has 20 heavy (non-hydrogen) atoms. The maximum Gasteiger partial charge on any atom is 0.155 e. The summed E-state index contributed by atoms with van der Waals surface area (Å²) in [4.78, 5) is 11.5. The number of rotatable bonds is 2. The minimum absolute atomic E-state index is 0.216. The van der Waals surface area contributed by atoms with Crippen molar-refractivity contribution in [3.8, 4) is 0 Å². The lowest BCUT2D eigenvalue weighted by Crippen LogP contribution is -2.35. The van der Waals surface area contributed by atoms with Crippen molar-refractivity contribution in [2.24, 2.45) is 4.99 Å². The van der Waals surface area contributed by atoms with Crippen molar-refractivity contribution < 1.29 is 4.39 Å². The lowest BCUT2D eigenvalue weighted by atomic mass is 10.1. The maximum atomic E-state index is 13.0. The summed E-state index contributed by atoms with van der Waals surface area (Å²) in [6.07, 6.45) is 4.24. The van der Waals surface area contributed by atoms with E-state index in [2.05, 4.69) is 9.88 Å². The molecule has 1 aromatic carbocycles. The quantitative estimate of drug-likeness (QED) is 0.835. The number of hydrogen-bond donors (Lipinski definition) is 0. The van der Waals surface area contributed by atoms with Crippen molar-refractivity contribution in [1.29, 1.82) is 0 Å². The van der Waals surface area contributed by atoms with E-state index in [4.69, 9.17) is 4.99 Å². The fraction of sp³-hybridized carbons (Fsp3) is 0.250. The van der Waals surface area contributed by atoms with Gasteiger partial charge in [0.25, 0.3) is 0 Å². The van der Waals surface area contributed by atoms with Crippen LogP contribution in [-0.2, 0) is 0 Å². The van der Waals surface area contributed by atoms with Crippen LogP contribution in [-0.4, -0.2) is 23.3 Å². The smallest absolute Gasteiger partial charge is 0.155 e. The molecule has 0 amide bonds. The third-order valence-corrected chi connectivity index (χ3v) is 3.78. The molecule has 4 heteroatoms. The topological polar surface area (TPSA) is 28.5 Å². The van der Waals surface area contributed by atoms with Crippen molar-refractivity contribution >= 4 is 17.2 Å². The SMILES string of the molecule is Fc1ccc(C2=Nc3cccnc3N(C3CC3)C2)cc1. The van der Waals surface area contributed by atoms with Gasteiger partial charge in [-0.15, -0.1) is 0 Å². The normalized spacial score (nSPS) is 17.6. The molecule has 0 spiro atoms. The molecule has 2 aliphatic rings. The van der Waals surface area contributed by atoms with Gasteiger partial charge in [0.15, 0.2) is 5.82 Å². The zero-order chi connectivity index (χ0) is 13.5. The average Bonchev–Trinajstić information content (AvgIpc) is 3.31. The monoisotopic (exact) mass is 267 g/mol. The summed E-state index contributed by atoms with van der Waals surface area (Å²) < 4.78 is 13.0. The Kier molecular flexibility index (Phi) is 2.55. The second-order valence-electron chi connectivity index (χ2n) is 5.27. The minimum atomic E-state index is -0.216. The number of benzene rings is 1. The molecule has 4 rings (SSSR count). The van der Waals surface area contributed by atoms with Gasteiger partial charge >= 0.3 is 0 Å². The predicted molar refractivity (Wildman–Crippen MR) is 77.2 cm³/mol. The van der Waals surface area contributed by atoms with Crippen LogP contribution in [0.2, 0.25) is 0 Å². The van der Waals surface area contributed by atoms with E-state index in [-0.39, 0.29) is 5.82 Å². The Morgan fingerprint density at radius 3 is 2.65 bits per heavy atom. The van der Waals surface area contributed by atoms with Crippen LogP contribution in [0.15, 0.2) is 47.6 Å². The molecule has 1 aliphatic carbocycles. The summed E-state index contributed by atoms with van der Waals surface area (Å²) in [5.41, 5.74) is 2.87. The standard InChI is InChI=1S/C16H14FN3/c17-12-5-3-11(4-6-12)15-10-20(13-7-8-13)16-14(19-15)2-1-9-18-16/h1-6,9,13H,7-8,10H2. The Hall–Kier alpha value is -2.23. The molecule has 2 aromatic rings. The molecule has 1 fully saturated rings. The molecule has 0 radical (unpaired) electrons. The Morgan fingerprint density at radius 1 is 1.10 bits per heavy atom. The molecule has 0 unspecified atom stereocenters. The van der Waals surface area contributed by atoms with E-state index in [0.717, 1.165) is 29.3 Å². The zero-order valence-corrected chi connectivity index (χ0v) is 11.0. The lowest BCUT2D eigenvalue weighted by Gasteiger charge is -2.29. The average molecular weight is 267 g/mol. The van der Waals surface area contributed by atoms with Gasteiger partial charge in [-0.1, -0.05) is 12.1 Å². The van der Waals surface area contributed by atoms with E-state index in [1.165, 1.54) is 25.0 Å². The van der Waals surface area contributed by atoms with Crippen LogP contribution < -0.4 is 4.90 Å². The second-order valence-corrected chi connectivity index (χ2v) is 5.27. The number of aliphatic imine (C=N–C) groups is 1. The van der Waals surface area contributed by atoms with Crippen molar-refractivity contribution in [2.45, 2.75) is 18.9 Å². The summed E-state index contributed by atoms with van der Waals surface area (Å²) in [6.45, 7) is 0.750. The molecule has 1 aliphatic heterocycles. The van der Waals surface area contributed by atoms with E-state index < -0.39 is 0 Å². The van der Waals surface area contributed by atoms with Crippen molar-refractivity contribution in [2.75, 3.05) is 11.4 Å². The Labute approximate surface area is 116 Å². The number of aromatic nitrogens is 1. The fourth-order valence-corrected chi connectivity index (χ4v) is 2.60. The molecular formula is C16H14FN3. The van der Waals surface area contributed by atoms with Gasteiger partial charge in [0.05, 0.1) is 12.3 Å². The largest absolute Gasteiger partial charge is 0.346 e. The first-order valence-electron chi connectivity index (χ1n) is 6.86. The van der Waals surface area contributed by atoms with Crippen LogP contribution >= 0.6 is 0 Å². The fourth-order valence-electron chi connectivity index (χ4n) is 2.60. The number of fused-ring (bicyclic) bond motifs is 1. The summed E-state index contributed by atoms with van der Waals surface area (Å²) in [5.74, 6) is 0.757. The van der Waals surface area contributed by atoms with Gasteiger partial charge < -0.3 is 4.90 Å². The van der Waals surface area contributed by atoms with E-state index in [0.29, 0.717) is 6.04 Å². The molecule has 1 saturated carbocycles. The van der Waals surface area contributed by atoms with Gasteiger partial charge in [-0.05, 0) is 42.7 Å². The third-order valence-electron chi connectivity index (χ3n) is 3.78. The number of halogens is 1. The van der Waals surface area contributed by atoms with Gasteiger partial charge in [-0.3, -0.25) is 0 Å². The van der Waals surface area contributed by atoms with Crippen LogP contribution in [0.1, 0.15) is 18.4 Å². The van der Waals surface area contributed by atoms with Crippen LogP contribution in [0.4, 0.5) is 15.9 Å². The molecule has 100 valence electrons. The summed E-state index contributed by atoms with van der Waals surface area (Å²) in [7, 11) is 0. The Balaban J connectivity index is 1.78. The Morgan fingerprint density at radius 2 is 1.90 bits per heavy atom. The molecule has 0 N–H and O–H groups in total. The number of hydrogen-bond acceptors (Lipinski definition) is 3. The molecule has 1 aromatic heterocycles. The highest BCUT2D eigenvalue weighted by molar-refractivity contribution is 6.07. The molecule has 0 saturated heterocycles. The number of pyridine rings is 1. The third kappa shape index (κ3) is 1.97. The van der Waals surface area contributed by atoms with Crippen molar-refractivity contribution in [3.05, 3.63) is 54.0 Å². The lowest BCUT2D eigenvalue weighted by molar-refractivity contribution is 0.627. The van der Waals surface area contributed by atoms with E-state index >= 15 is 0 Å². The number of nitrogens with zero attached hydrogens (tertiary/aromatic N) is 3. The van der Waals surface area contributed by atoms with E-state index in [9.17, 15) is 4.39 Å². The van der Waals surface area contributed by atoms with E-state index in [1.54, 1.807) is 12.1 Å². The molecule has 0 bridgehead atoms. The minimum Gasteiger partial charge on any atom is -0.346 e. The Bertz CT molecular complexity index is 674. The number of anilines is 1. The van der Waals surface area contributed by atoms with Gasteiger partial charge in [0, 0.05) is 12.2 Å². The molecular weight excluding hydrogens is 253 g/mol. The van der Waals surface area contributed by atoms with Crippen molar-refractivity contribution in [3.63, 3.8) is 0 Å². The zero-order valence-electron chi connectivity index (χ0n) is 11.0. The maximum absolute atomic E-state index is 13.0. The first-order chi connectivity index (χ1) is 9.81. The highest BCUT2D eigenvalue weighted by Crippen LogP contribution is 2.38. The van der Waals surface area contributed by atoms with Crippen LogP contribution in [0, 0.1) is 5.82 Å². The molecule has 0 atom stereocenters. The van der Waals surface area contributed by atoms with Crippen LogP contribution in [0.5, 0.6) is 0 Å². The molecule has 2 heterocycles. The second kappa shape index (κ2) is 4.40. The molecule has 3 nitrogen and oxygen atoms in total. The van der Waals surface area contributed by atoms with Gasteiger partial charge in [0.1, 0.15) is 11.5 Å². The summed E-state index contributed by atoms with van der Waals surface area (Å²) in [5, 5.41) is 0. The van der Waals surface area contributed by atoms with Crippen LogP contribution in [0.3, 0.4) is 0 Å². The highest BCUT2D eigenvalue weighted by Gasteiger charge is 2.34. The predicted octanol–water partition coefficient (Wildman–Crippen LogP) is 3.32. The van der Waals surface area contributed by atoms with Crippen LogP contribution in [0.25, 0.3) is 0 Å². The van der Waals surface area contributed by atoms with Crippen molar-refractivity contribution in [1.82, 2.24) is 4.98 Å². The first-order valence-corrected chi connectivity index (χ1v) is 6.86. The van der Waals surface area contributed by atoms with Gasteiger partial charge in [-0.2, -0.15) is 0 Å². The summed E-state index contributed by atoms with van der Waals surface area (Å²) >= 11 is 0.